The maximum absolute atomic E-state index is 13.8. The minimum Gasteiger partial charge on any atom is -0.374 e. The van der Waals surface area contributed by atoms with Crippen LogP contribution in [0.5, 0.6) is 0 Å². The first-order chi connectivity index (χ1) is 15.3. The Kier molecular flexibility index (Phi) is 8.59. The molecule has 3 rings (SSSR count). The Bertz CT molecular complexity index is 995. The van der Waals surface area contributed by atoms with Crippen molar-refractivity contribution in [1.29, 1.82) is 0 Å². The highest BCUT2D eigenvalue weighted by molar-refractivity contribution is 7.17. The van der Waals surface area contributed by atoms with E-state index in [1.54, 1.807) is 35.4 Å². The highest BCUT2D eigenvalue weighted by Crippen LogP contribution is 2.39. The Morgan fingerprint density at radius 3 is 2.47 bits per heavy atom. The Morgan fingerprint density at radius 1 is 1.03 bits per heavy atom. The van der Waals surface area contributed by atoms with Crippen LogP contribution in [0.1, 0.15) is 55.9 Å². The minimum absolute atomic E-state index is 0.213. The first-order valence-electron chi connectivity index (χ1n) is 11.0. The van der Waals surface area contributed by atoms with Crippen molar-refractivity contribution < 1.29 is 13.2 Å². The second-order valence-electron chi connectivity index (χ2n) is 7.99. The standard InChI is InChI=1S/C24H30F3N3S2/c1-4-5-6-7-8-9-14-30(3)21-12-11-18(15-19(21)24(25,26)27)28-23-29-20(16-31-23)22-13-10-17(2)32-22/h10-13,15-16H,4-9,14H2,1-3H3,(H,28,29). The number of nitrogens with zero attached hydrogens (tertiary/aromatic N) is 2. The van der Waals surface area contributed by atoms with Crippen LogP contribution in [0.3, 0.4) is 0 Å². The number of rotatable bonds is 11. The van der Waals surface area contributed by atoms with Crippen LogP contribution < -0.4 is 10.2 Å². The van der Waals surface area contributed by atoms with E-state index >= 15 is 0 Å². The summed E-state index contributed by atoms with van der Waals surface area (Å²) in [7, 11) is 1.74. The number of thiophene rings is 1. The molecule has 0 aliphatic heterocycles. The molecule has 3 aromatic rings. The maximum Gasteiger partial charge on any atom is 0.418 e. The molecule has 0 atom stereocenters. The molecule has 0 spiro atoms. The average molecular weight is 482 g/mol. The highest BCUT2D eigenvalue weighted by Gasteiger charge is 2.34. The maximum atomic E-state index is 13.8. The largest absolute Gasteiger partial charge is 0.418 e. The number of alkyl halides is 3. The summed E-state index contributed by atoms with van der Waals surface area (Å²) in [5.74, 6) is 0. The van der Waals surface area contributed by atoms with Crippen LogP contribution in [0.2, 0.25) is 0 Å². The molecular weight excluding hydrogens is 451 g/mol. The third-order valence-electron chi connectivity index (χ3n) is 5.31. The second kappa shape index (κ2) is 11.2. The van der Waals surface area contributed by atoms with Gasteiger partial charge in [-0.1, -0.05) is 39.0 Å². The van der Waals surface area contributed by atoms with E-state index in [-0.39, 0.29) is 5.69 Å². The summed E-state index contributed by atoms with van der Waals surface area (Å²) in [5, 5.41) is 5.54. The van der Waals surface area contributed by atoms with E-state index < -0.39 is 11.7 Å². The van der Waals surface area contributed by atoms with Crippen LogP contribution in [-0.2, 0) is 6.18 Å². The summed E-state index contributed by atoms with van der Waals surface area (Å²) in [6, 6.07) is 8.47. The number of unbranched alkanes of at least 4 members (excludes halogenated alkanes) is 5. The zero-order chi connectivity index (χ0) is 23.1. The van der Waals surface area contributed by atoms with E-state index in [2.05, 4.69) is 17.2 Å². The van der Waals surface area contributed by atoms with Gasteiger partial charge in [-0.3, -0.25) is 0 Å². The summed E-state index contributed by atoms with van der Waals surface area (Å²) < 4.78 is 41.5. The summed E-state index contributed by atoms with van der Waals surface area (Å²) in [5.41, 5.74) is 0.811. The SMILES string of the molecule is CCCCCCCCN(C)c1ccc(Nc2nc(-c3ccc(C)s3)cs2)cc1C(F)(F)F. The normalized spacial score (nSPS) is 11.7. The van der Waals surface area contributed by atoms with Crippen molar-refractivity contribution >= 4 is 39.2 Å². The monoisotopic (exact) mass is 481 g/mol. The van der Waals surface area contributed by atoms with Gasteiger partial charge >= 0.3 is 6.18 Å². The number of halogens is 3. The molecule has 0 fully saturated rings. The summed E-state index contributed by atoms with van der Waals surface area (Å²) in [6.45, 7) is 4.81. The van der Waals surface area contributed by atoms with Gasteiger partial charge in [-0.25, -0.2) is 4.98 Å². The summed E-state index contributed by atoms with van der Waals surface area (Å²) in [4.78, 5) is 8.49. The zero-order valence-corrected chi connectivity index (χ0v) is 20.4. The van der Waals surface area contributed by atoms with E-state index in [1.165, 1.54) is 41.5 Å². The number of hydrogen-bond donors (Lipinski definition) is 1. The molecule has 2 aromatic heterocycles. The van der Waals surface area contributed by atoms with E-state index in [0.29, 0.717) is 17.4 Å². The highest BCUT2D eigenvalue weighted by atomic mass is 32.1. The molecule has 3 nitrogen and oxygen atoms in total. The predicted octanol–water partition coefficient (Wildman–Crippen LogP) is 8.74. The van der Waals surface area contributed by atoms with Crippen LogP contribution in [0, 0.1) is 6.92 Å². The molecule has 0 saturated carbocycles. The third kappa shape index (κ3) is 6.72. The molecule has 0 unspecified atom stereocenters. The summed E-state index contributed by atoms with van der Waals surface area (Å²) >= 11 is 3.03. The molecule has 0 saturated heterocycles. The van der Waals surface area contributed by atoms with Gasteiger partial charge in [-0.05, 0) is 43.7 Å². The first kappa shape index (κ1) is 24.6. The number of aromatic nitrogens is 1. The fourth-order valence-corrected chi connectivity index (χ4v) is 5.20. The van der Waals surface area contributed by atoms with Crippen LogP contribution >= 0.6 is 22.7 Å². The average Bonchev–Trinajstić information content (AvgIpc) is 3.38. The number of nitrogens with one attached hydrogen (secondary N) is 1. The van der Waals surface area contributed by atoms with Gasteiger partial charge in [-0.15, -0.1) is 22.7 Å². The van der Waals surface area contributed by atoms with Gasteiger partial charge in [0.05, 0.1) is 16.1 Å². The number of anilines is 3. The van der Waals surface area contributed by atoms with Crippen LogP contribution in [0.4, 0.5) is 29.7 Å². The van der Waals surface area contributed by atoms with Crippen molar-refractivity contribution in [3.63, 3.8) is 0 Å². The third-order valence-corrected chi connectivity index (χ3v) is 7.09. The number of hydrogen-bond acceptors (Lipinski definition) is 5. The van der Waals surface area contributed by atoms with Crippen molar-refractivity contribution in [3.8, 4) is 10.6 Å². The Labute approximate surface area is 196 Å². The van der Waals surface area contributed by atoms with Gasteiger partial charge in [0.15, 0.2) is 5.13 Å². The van der Waals surface area contributed by atoms with Crippen molar-refractivity contribution in [2.45, 2.75) is 58.5 Å². The molecular formula is C24H30F3N3S2. The van der Waals surface area contributed by atoms with E-state index in [0.717, 1.165) is 29.8 Å². The topological polar surface area (TPSA) is 28.2 Å². The predicted molar refractivity (Wildman–Crippen MR) is 132 cm³/mol. The van der Waals surface area contributed by atoms with Crippen LogP contribution in [0.15, 0.2) is 35.7 Å². The van der Waals surface area contributed by atoms with Gasteiger partial charge in [0.1, 0.15) is 0 Å². The van der Waals surface area contributed by atoms with Crippen molar-refractivity contribution in [2.75, 3.05) is 23.8 Å². The quantitative estimate of drug-likeness (QED) is 0.278. The Morgan fingerprint density at radius 2 is 1.78 bits per heavy atom. The first-order valence-corrected chi connectivity index (χ1v) is 12.7. The molecule has 1 N–H and O–H groups in total. The number of aryl methyl sites for hydroxylation is 1. The zero-order valence-electron chi connectivity index (χ0n) is 18.8. The fourth-order valence-electron chi connectivity index (χ4n) is 3.56. The molecule has 0 aliphatic rings. The number of benzene rings is 1. The van der Waals surface area contributed by atoms with Gasteiger partial charge in [0.2, 0.25) is 0 Å². The van der Waals surface area contributed by atoms with Crippen molar-refractivity contribution in [1.82, 2.24) is 4.98 Å². The van der Waals surface area contributed by atoms with Gasteiger partial charge in [0, 0.05) is 35.2 Å². The van der Waals surface area contributed by atoms with E-state index in [9.17, 15) is 13.2 Å². The molecule has 1 aromatic carbocycles. The smallest absolute Gasteiger partial charge is 0.374 e. The van der Waals surface area contributed by atoms with Crippen LogP contribution in [0.25, 0.3) is 10.6 Å². The molecule has 0 aliphatic carbocycles. The summed E-state index contributed by atoms with van der Waals surface area (Å²) in [6.07, 6.45) is 2.24. The molecule has 0 amide bonds. The lowest BCUT2D eigenvalue weighted by Crippen LogP contribution is -2.22. The molecule has 32 heavy (non-hydrogen) atoms. The lowest BCUT2D eigenvalue weighted by Gasteiger charge is -2.24. The second-order valence-corrected chi connectivity index (χ2v) is 10.1. The Balaban J connectivity index is 1.69. The lowest BCUT2D eigenvalue weighted by molar-refractivity contribution is -0.137. The van der Waals surface area contributed by atoms with Gasteiger partial charge in [-0.2, -0.15) is 13.2 Å². The molecule has 0 bridgehead atoms. The molecule has 0 radical (unpaired) electrons. The van der Waals surface area contributed by atoms with Crippen molar-refractivity contribution in [2.24, 2.45) is 0 Å². The van der Waals surface area contributed by atoms with Gasteiger partial charge in [0.25, 0.3) is 0 Å². The minimum atomic E-state index is -4.43. The fraction of sp³-hybridized carbons (Fsp3) is 0.458. The van der Waals surface area contributed by atoms with E-state index in [4.69, 9.17) is 0 Å². The Hall–Kier alpha value is -2.06. The van der Waals surface area contributed by atoms with E-state index in [1.807, 2.05) is 24.4 Å². The molecule has 2 heterocycles. The lowest BCUT2D eigenvalue weighted by atomic mass is 10.1. The number of thiazole rings is 1. The van der Waals surface area contributed by atoms with Crippen molar-refractivity contribution in [3.05, 3.63) is 46.2 Å². The van der Waals surface area contributed by atoms with Gasteiger partial charge < -0.3 is 10.2 Å². The van der Waals surface area contributed by atoms with Crippen LogP contribution in [-0.4, -0.2) is 18.6 Å². The molecule has 174 valence electrons. The molecule has 8 heteroatoms.